The molecule has 0 saturated carbocycles. The largest absolute Gasteiger partial charge is 0.361 e. The highest BCUT2D eigenvalue weighted by Crippen LogP contribution is 2.25. The quantitative estimate of drug-likeness (QED) is 0.879. The highest BCUT2D eigenvalue weighted by molar-refractivity contribution is 5.78. The zero-order valence-electron chi connectivity index (χ0n) is 14.5. The molecule has 5 nitrogen and oxygen atoms in total. The number of carbonyl (C=O) groups is 1. The van der Waals surface area contributed by atoms with Crippen LogP contribution in [0.5, 0.6) is 0 Å². The van der Waals surface area contributed by atoms with Crippen LogP contribution in [0.3, 0.4) is 0 Å². The molecule has 5 heteroatoms. The molecule has 2 aromatic rings. The van der Waals surface area contributed by atoms with Gasteiger partial charge in [-0.25, -0.2) is 0 Å². The molecule has 1 aliphatic carbocycles. The van der Waals surface area contributed by atoms with Crippen molar-refractivity contribution in [1.29, 1.82) is 0 Å². The van der Waals surface area contributed by atoms with Gasteiger partial charge < -0.3 is 14.7 Å². The zero-order valence-corrected chi connectivity index (χ0v) is 14.5. The smallest absolute Gasteiger partial charge is 0.222 e. The number of hydrogen-bond acceptors (Lipinski definition) is 4. The molecule has 25 heavy (non-hydrogen) atoms. The Balaban J connectivity index is 1.48. The molecule has 1 amide bonds. The summed E-state index contributed by atoms with van der Waals surface area (Å²) in [5.41, 5.74) is 3.53. The van der Waals surface area contributed by atoms with E-state index >= 15 is 0 Å². The first-order valence-corrected chi connectivity index (χ1v) is 9.33. The van der Waals surface area contributed by atoms with Gasteiger partial charge >= 0.3 is 0 Å². The highest BCUT2D eigenvalue weighted by atomic mass is 16.5. The lowest BCUT2D eigenvalue weighted by Gasteiger charge is -2.25. The van der Waals surface area contributed by atoms with Gasteiger partial charge in [-0.3, -0.25) is 4.79 Å². The van der Waals surface area contributed by atoms with Crippen LogP contribution >= 0.6 is 0 Å². The maximum absolute atomic E-state index is 12.0. The Morgan fingerprint density at radius 3 is 2.76 bits per heavy atom. The van der Waals surface area contributed by atoms with Crippen molar-refractivity contribution < 1.29 is 9.32 Å². The number of aryl methyl sites for hydroxylation is 1. The van der Waals surface area contributed by atoms with E-state index < -0.39 is 0 Å². The Morgan fingerprint density at radius 2 is 1.96 bits per heavy atom. The minimum Gasteiger partial charge on any atom is -0.361 e. The van der Waals surface area contributed by atoms with Crippen molar-refractivity contribution in [2.75, 3.05) is 13.1 Å². The van der Waals surface area contributed by atoms with Gasteiger partial charge in [-0.1, -0.05) is 35.5 Å². The van der Waals surface area contributed by atoms with Gasteiger partial charge in [-0.2, -0.15) is 0 Å². The summed E-state index contributed by atoms with van der Waals surface area (Å²) in [6.07, 6.45) is 6.13. The molecule has 4 rings (SSSR count). The van der Waals surface area contributed by atoms with E-state index in [4.69, 9.17) is 4.52 Å². The summed E-state index contributed by atoms with van der Waals surface area (Å²) in [5, 5.41) is 7.91. The third-order valence-electron chi connectivity index (χ3n) is 5.32. The first-order valence-electron chi connectivity index (χ1n) is 9.33. The molecular weight excluding hydrogens is 314 g/mol. The molecule has 1 unspecified atom stereocenters. The van der Waals surface area contributed by atoms with Crippen molar-refractivity contribution in [1.82, 2.24) is 15.4 Å². The normalized spacial score (nSPS) is 18.4. The molecule has 1 N–H and O–H groups in total. The molecule has 2 heterocycles. The Kier molecular flexibility index (Phi) is 4.83. The molecule has 0 bridgehead atoms. The Labute approximate surface area is 148 Å². The molecule has 1 aromatic heterocycles. The summed E-state index contributed by atoms with van der Waals surface area (Å²) in [5.74, 6) is 1.33. The van der Waals surface area contributed by atoms with Crippen molar-refractivity contribution in [2.45, 2.75) is 51.1 Å². The molecule has 1 fully saturated rings. The summed E-state index contributed by atoms with van der Waals surface area (Å²) >= 11 is 0. The average molecular weight is 339 g/mol. The van der Waals surface area contributed by atoms with Gasteiger partial charge in [0.1, 0.15) is 11.5 Å². The predicted octanol–water partition coefficient (Wildman–Crippen LogP) is 3.01. The molecule has 1 aliphatic heterocycles. The van der Waals surface area contributed by atoms with E-state index in [1.807, 2.05) is 23.1 Å². The molecule has 132 valence electrons. The highest BCUT2D eigenvalue weighted by Gasteiger charge is 2.25. The molecule has 1 atom stereocenters. The molecule has 1 aromatic carbocycles. The Hall–Kier alpha value is -2.14. The maximum Gasteiger partial charge on any atom is 0.222 e. The third kappa shape index (κ3) is 3.61. The van der Waals surface area contributed by atoms with Crippen LogP contribution in [0.25, 0.3) is 0 Å². The van der Waals surface area contributed by atoms with Crippen molar-refractivity contribution in [2.24, 2.45) is 0 Å². The van der Waals surface area contributed by atoms with E-state index in [0.717, 1.165) is 37.3 Å². The van der Waals surface area contributed by atoms with Crippen LogP contribution in [0.4, 0.5) is 0 Å². The van der Waals surface area contributed by atoms with Gasteiger partial charge in [-0.05, 0) is 31.2 Å². The number of fused-ring (bicyclic) bond motifs is 1. The summed E-state index contributed by atoms with van der Waals surface area (Å²) in [7, 11) is 0. The second-order valence-electron chi connectivity index (χ2n) is 7.03. The first-order chi connectivity index (χ1) is 12.3. The zero-order chi connectivity index (χ0) is 17.1. The van der Waals surface area contributed by atoms with E-state index in [9.17, 15) is 4.79 Å². The lowest BCUT2D eigenvalue weighted by atomic mass is 9.96. The standard InChI is InChI=1S/C20H25N3O2/c24-20-11-6-12-23(20)14-18(15-7-2-1-3-8-15)21-13-17-16-9-4-5-10-19(16)25-22-17/h1-3,7-8,18,21H,4-6,9-14H2. The fourth-order valence-corrected chi connectivity index (χ4v) is 3.90. The minimum atomic E-state index is 0.110. The van der Waals surface area contributed by atoms with E-state index in [1.54, 1.807) is 0 Å². The number of rotatable bonds is 6. The van der Waals surface area contributed by atoms with Gasteiger partial charge in [0.2, 0.25) is 5.91 Å². The number of benzene rings is 1. The number of carbonyl (C=O) groups excluding carboxylic acids is 1. The lowest BCUT2D eigenvalue weighted by Crippen LogP contribution is -2.36. The van der Waals surface area contributed by atoms with Crippen molar-refractivity contribution in [3.05, 3.63) is 52.9 Å². The summed E-state index contributed by atoms with van der Waals surface area (Å²) < 4.78 is 5.52. The Morgan fingerprint density at radius 1 is 1.12 bits per heavy atom. The lowest BCUT2D eigenvalue weighted by molar-refractivity contribution is -0.128. The first kappa shape index (κ1) is 16.3. The van der Waals surface area contributed by atoms with Gasteiger partial charge in [0.05, 0.1) is 6.04 Å². The third-order valence-corrected chi connectivity index (χ3v) is 5.32. The van der Waals surface area contributed by atoms with Crippen LogP contribution in [-0.2, 0) is 24.2 Å². The van der Waals surface area contributed by atoms with Gasteiger partial charge in [-0.15, -0.1) is 0 Å². The van der Waals surface area contributed by atoms with Crippen LogP contribution in [-0.4, -0.2) is 29.1 Å². The average Bonchev–Trinajstić information content (AvgIpc) is 3.25. The van der Waals surface area contributed by atoms with Crippen LogP contribution in [0.2, 0.25) is 0 Å². The number of amides is 1. The Bertz CT molecular complexity index is 726. The molecule has 0 radical (unpaired) electrons. The van der Waals surface area contributed by atoms with Gasteiger partial charge in [0.25, 0.3) is 0 Å². The van der Waals surface area contributed by atoms with Crippen molar-refractivity contribution >= 4 is 5.91 Å². The second kappa shape index (κ2) is 7.40. The van der Waals surface area contributed by atoms with Crippen LogP contribution in [0.15, 0.2) is 34.9 Å². The summed E-state index contributed by atoms with van der Waals surface area (Å²) in [4.78, 5) is 14.0. The van der Waals surface area contributed by atoms with Crippen molar-refractivity contribution in [3.8, 4) is 0 Å². The SMILES string of the molecule is O=C1CCCN1CC(NCc1noc2c1CCCC2)c1ccccc1. The van der Waals surface area contributed by atoms with E-state index in [-0.39, 0.29) is 11.9 Å². The molecule has 1 saturated heterocycles. The molecule has 2 aliphatic rings. The number of aromatic nitrogens is 1. The number of nitrogens with one attached hydrogen (secondary N) is 1. The minimum absolute atomic E-state index is 0.110. The van der Waals surface area contributed by atoms with E-state index in [0.29, 0.717) is 19.5 Å². The number of likely N-dealkylation sites (tertiary alicyclic amines) is 1. The maximum atomic E-state index is 12.0. The van der Waals surface area contributed by atoms with E-state index in [2.05, 4.69) is 22.6 Å². The summed E-state index contributed by atoms with van der Waals surface area (Å²) in [6, 6.07) is 10.5. The van der Waals surface area contributed by atoms with Crippen LogP contribution < -0.4 is 5.32 Å². The monoisotopic (exact) mass is 339 g/mol. The molecular formula is C20H25N3O2. The summed E-state index contributed by atoms with van der Waals surface area (Å²) in [6.45, 7) is 2.26. The van der Waals surface area contributed by atoms with Crippen LogP contribution in [0.1, 0.15) is 54.3 Å². The van der Waals surface area contributed by atoms with E-state index in [1.165, 1.54) is 24.0 Å². The number of hydrogen-bond donors (Lipinski definition) is 1. The topological polar surface area (TPSA) is 58.4 Å². The molecule has 0 spiro atoms. The van der Waals surface area contributed by atoms with Crippen LogP contribution in [0, 0.1) is 0 Å². The predicted molar refractivity (Wildman–Crippen MR) is 95.0 cm³/mol. The van der Waals surface area contributed by atoms with Gasteiger partial charge in [0, 0.05) is 38.0 Å². The fourth-order valence-electron chi connectivity index (χ4n) is 3.90. The fraction of sp³-hybridized carbons (Fsp3) is 0.500. The number of nitrogens with zero attached hydrogens (tertiary/aromatic N) is 2. The van der Waals surface area contributed by atoms with Gasteiger partial charge in [0.15, 0.2) is 0 Å². The second-order valence-corrected chi connectivity index (χ2v) is 7.03. The van der Waals surface area contributed by atoms with Crippen molar-refractivity contribution in [3.63, 3.8) is 0 Å².